The van der Waals surface area contributed by atoms with Gasteiger partial charge in [0.25, 0.3) is 0 Å². The minimum atomic E-state index is -3.78. The molecule has 0 aromatic heterocycles. The van der Waals surface area contributed by atoms with Gasteiger partial charge in [0, 0.05) is 13.1 Å². The number of sulfonamides is 1. The third-order valence-corrected chi connectivity index (χ3v) is 6.41. The molecule has 0 saturated heterocycles. The third-order valence-electron chi connectivity index (χ3n) is 5.27. The van der Waals surface area contributed by atoms with Crippen molar-refractivity contribution in [2.75, 3.05) is 37.9 Å². The van der Waals surface area contributed by atoms with Gasteiger partial charge >= 0.3 is 0 Å². The molecule has 0 aliphatic carbocycles. The van der Waals surface area contributed by atoms with Gasteiger partial charge in [-0.2, -0.15) is 0 Å². The molecule has 186 valence electrons. The lowest BCUT2D eigenvalue weighted by Crippen LogP contribution is -2.51. The predicted octanol–water partition coefficient (Wildman–Crippen LogP) is 2.41. The van der Waals surface area contributed by atoms with Crippen LogP contribution in [0.25, 0.3) is 0 Å². The molecule has 1 N–H and O–H groups in total. The van der Waals surface area contributed by atoms with Gasteiger partial charge in [0.2, 0.25) is 21.8 Å². The van der Waals surface area contributed by atoms with Crippen LogP contribution in [0.5, 0.6) is 11.5 Å². The van der Waals surface area contributed by atoms with E-state index in [0.29, 0.717) is 23.7 Å². The van der Waals surface area contributed by atoms with Gasteiger partial charge in [0.05, 0.1) is 26.2 Å². The fourth-order valence-corrected chi connectivity index (χ4v) is 4.12. The molecule has 0 heterocycles. The van der Waals surface area contributed by atoms with E-state index in [-0.39, 0.29) is 12.5 Å². The van der Waals surface area contributed by atoms with Crippen LogP contribution in [0.1, 0.15) is 25.8 Å². The van der Waals surface area contributed by atoms with E-state index >= 15 is 0 Å². The molecule has 10 heteroatoms. The van der Waals surface area contributed by atoms with Crippen LogP contribution >= 0.6 is 0 Å². The SMILES string of the molecule is CCCNC(=O)C(C)N(Cc1ccc(OC)cc1)C(=O)CN(c1ccc(OC)cc1)S(C)(=O)=O. The Hall–Kier alpha value is -3.27. The van der Waals surface area contributed by atoms with Crippen molar-refractivity contribution in [1.82, 2.24) is 10.2 Å². The second-order valence-electron chi connectivity index (χ2n) is 7.80. The van der Waals surface area contributed by atoms with E-state index in [1.165, 1.54) is 12.0 Å². The Balaban J connectivity index is 2.35. The number of hydrogen-bond donors (Lipinski definition) is 1. The summed E-state index contributed by atoms with van der Waals surface area (Å²) in [6, 6.07) is 12.7. The highest BCUT2D eigenvalue weighted by Crippen LogP contribution is 2.22. The number of ether oxygens (including phenoxy) is 2. The Kier molecular flexibility index (Phi) is 9.73. The molecule has 0 fully saturated rings. The zero-order valence-electron chi connectivity index (χ0n) is 20.3. The molecule has 0 aliphatic rings. The summed E-state index contributed by atoms with van der Waals surface area (Å²) in [7, 11) is -0.712. The van der Waals surface area contributed by atoms with E-state index in [2.05, 4.69) is 5.32 Å². The largest absolute Gasteiger partial charge is 0.497 e. The molecule has 2 aromatic rings. The van der Waals surface area contributed by atoms with E-state index in [4.69, 9.17) is 9.47 Å². The zero-order valence-corrected chi connectivity index (χ0v) is 21.1. The maximum Gasteiger partial charge on any atom is 0.244 e. The number of anilines is 1. The molecule has 34 heavy (non-hydrogen) atoms. The maximum absolute atomic E-state index is 13.4. The first-order valence-electron chi connectivity index (χ1n) is 10.9. The third kappa shape index (κ3) is 7.38. The lowest BCUT2D eigenvalue weighted by molar-refractivity contribution is -0.139. The monoisotopic (exact) mass is 491 g/mol. The summed E-state index contributed by atoms with van der Waals surface area (Å²) in [6.45, 7) is 3.72. The molecule has 2 amide bonds. The predicted molar refractivity (Wildman–Crippen MR) is 131 cm³/mol. The molecule has 1 unspecified atom stereocenters. The second kappa shape index (κ2) is 12.3. The number of carbonyl (C=O) groups excluding carboxylic acids is 2. The molecular weight excluding hydrogens is 458 g/mol. The lowest BCUT2D eigenvalue weighted by atomic mass is 10.1. The van der Waals surface area contributed by atoms with Crippen LogP contribution in [0.4, 0.5) is 5.69 Å². The van der Waals surface area contributed by atoms with Gasteiger partial charge in [0.1, 0.15) is 24.1 Å². The van der Waals surface area contributed by atoms with Gasteiger partial charge < -0.3 is 19.7 Å². The van der Waals surface area contributed by atoms with Crippen molar-refractivity contribution >= 4 is 27.5 Å². The fraction of sp³-hybridized carbons (Fsp3) is 0.417. The topological polar surface area (TPSA) is 105 Å². The number of methoxy groups -OCH3 is 2. The number of carbonyl (C=O) groups is 2. The Morgan fingerprint density at radius 1 is 0.971 bits per heavy atom. The van der Waals surface area contributed by atoms with Crippen molar-refractivity contribution < 1.29 is 27.5 Å². The number of amides is 2. The normalized spacial score (nSPS) is 11.9. The van der Waals surface area contributed by atoms with E-state index in [9.17, 15) is 18.0 Å². The van der Waals surface area contributed by atoms with Crippen LogP contribution in [0.2, 0.25) is 0 Å². The summed E-state index contributed by atoms with van der Waals surface area (Å²) >= 11 is 0. The summed E-state index contributed by atoms with van der Waals surface area (Å²) in [6.07, 6.45) is 1.79. The molecular formula is C24H33N3O6S. The fourth-order valence-electron chi connectivity index (χ4n) is 3.27. The number of benzene rings is 2. The van der Waals surface area contributed by atoms with Gasteiger partial charge in [-0.05, 0) is 55.3 Å². The van der Waals surface area contributed by atoms with E-state index in [0.717, 1.165) is 22.5 Å². The summed E-state index contributed by atoms with van der Waals surface area (Å²) in [5.74, 6) is 0.416. The summed E-state index contributed by atoms with van der Waals surface area (Å²) in [5.41, 5.74) is 1.10. The van der Waals surface area contributed by atoms with Gasteiger partial charge in [0.15, 0.2) is 0 Å². The van der Waals surface area contributed by atoms with Crippen LogP contribution in [-0.2, 0) is 26.2 Å². The molecule has 0 radical (unpaired) electrons. The number of nitrogens with one attached hydrogen (secondary N) is 1. The highest BCUT2D eigenvalue weighted by atomic mass is 32.2. The van der Waals surface area contributed by atoms with E-state index < -0.39 is 28.5 Å². The number of nitrogens with zero attached hydrogens (tertiary/aromatic N) is 2. The first-order chi connectivity index (χ1) is 16.1. The maximum atomic E-state index is 13.4. The molecule has 1 atom stereocenters. The lowest BCUT2D eigenvalue weighted by Gasteiger charge is -2.31. The molecule has 0 spiro atoms. The first kappa shape index (κ1) is 27.0. The van der Waals surface area contributed by atoms with Gasteiger partial charge in [-0.15, -0.1) is 0 Å². The first-order valence-corrected chi connectivity index (χ1v) is 12.8. The summed E-state index contributed by atoms with van der Waals surface area (Å²) < 4.78 is 36.4. The zero-order chi connectivity index (χ0) is 25.3. The Bertz CT molecular complexity index is 1060. The van der Waals surface area contributed by atoms with Crippen LogP contribution in [0.3, 0.4) is 0 Å². The molecule has 0 aliphatic heterocycles. The quantitative estimate of drug-likeness (QED) is 0.489. The minimum absolute atomic E-state index is 0.129. The molecule has 0 bridgehead atoms. The second-order valence-corrected chi connectivity index (χ2v) is 9.71. The van der Waals surface area contributed by atoms with Crippen molar-refractivity contribution in [1.29, 1.82) is 0 Å². The molecule has 2 rings (SSSR count). The average molecular weight is 492 g/mol. The van der Waals surface area contributed by atoms with Crippen molar-refractivity contribution in [2.24, 2.45) is 0 Å². The van der Waals surface area contributed by atoms with Crippen molar-refractivity contribution in [3.8, 4) is 11.5 Å². The average Bonchev–Trinajstić information content (AvgIpc) is 2.83. The molecule has 9 nitrogen and oxygen atoms in total. The Morgan fingerprint density at radius 3 is 1.97 bits per heavy atom. The Labute approximate surface area is 201 Å². The van der Waals surface area contributed by atoms with Gasteiger partial charge in [-0.1, -0.05) is 19.1 Å². The summed E-state index contributed by atoms with van der Waals surface area (Å²) in [5, 5.41) is 2.80. The number of hydrogen-bond acceptors (Lipinski definition) is 6. The van der Waals surface area contributed by atoms with Crippen molar-refractivity contribution in [3.05, 3.63) is 54.1 Å². The van der Waals surface area contributed by atoms with Gasteiger partial charge in [-0.25, -0.2) is 8.42 Å². The highest BCUT2D eigenvalue weighted by Gasteiger charge is 2.30. The van der Waals surface area contributed by atoms with Crippen molar-refractivity contribution in [3.63, 3.8) is 0 Å². The van der Waals surface area contributed by atoms with Gasteiger partial charge in [-0.3, -0.25) is 13.9 Å². The van der Waals surface area contributed by atoms with E-state index in [1.54, 1.807) is 62.6 Å². The van der Waals surface area contributed by atoms with Crippen LogP contribution in [0.15, 0.2) is 48.5 Å². The minimum Gasteiger partial charge on any atom is -0.497 e. The highest BCUT2D eigenvalue weighted by molar-refractivity contribution is 7.92. The van der Waals surface area contributed by atoms with E-state index in [1.807, 2.05) is 6.92 Å². The summed E-state index contributed by atoms with van der Waals surface area (Å²) in [4.78, 5) is 27.5. The molecule has 2 aromatic carbocycles. The van der Waals surface area contributed by atoms with Crippen LogP contribution in [-0.4, -0.2) is 64.7 Å². The standard InChI is InChI=1S/C24H33N3O6S/c1-6-15-25-24(29)18(2)26(16-19-7-11-21(32-3)12-8-19)23(28)17-27(34(5,30)31)20-9-13-22(33-4)14-10-20/h7-14,18H,6,15-17H2,1-5H3,(H,25,29). The smallest absolute Gasteiger partial charge is 0.244 e. The van der Waals surface area contributed by atoms with Crippen LogP contribution in [0, 0.1) is 0 Å². The van der Waals surface area contributed by atoms with Crippen LogP contribution < -0.4 is 19.1 Å². The Morgan fingerprint density at radius 2 is 1.50 bits per heavy atom. The molecule has 0 saturated carbocycles. The van der Waals surface area contributed by atoms with Crippen molar-refractivity contribution in [2.45, 2.75) is 32.9 Å². The number of rotatable bonds is 12.